The summed E-state index contributed by atoms with van der Waals surface area (Å²) in [7, 11) is -3.28. The summed E-state index contributed by atoms with van der Waals surface area (Å²) >= 11 is 0. The second kappa shape index (κ2) is 10.7. The van der Waals surface area contributed by atoms with Crippen LogP contribution in [0.25, 0.3) is 0 Å². The lowest BCUT2D eigenvalue weighted by Gasteiger charge is -2.43. The van der Waals surface area contributed by atoms with Crippen molar-refractivity contribution in [3.05, 3.63) is 0 Å². The molecule has 0 rings (SSSR count). The SMILES string of the molecule is CCO[Si](OCC)(OCC)C(CC)(CC)OC(=O)CCC(=O)O. The summed E-state index contributed by atoms with van der Waals surface area (Å²) in [4.78, 5) is 22.8. The van der Waals surface area contributed by atoms with E-state index < -0.39 is 26.0 Å². The molecule has 0 aliphatic heterocycles. The van der Waals surface area contributed by atoms with E-state index in [-0.39, 0.29) is 12.8 Å². The van der Waals surface area contributed by atoms with Gasteiger partial charge in [-0.3, -0.25) is 9.59 Å². The summed E-state index contributed by atoms with van der Waals surface area (Å²) in [6.07, 6.45) is 0.476. The van der Waals surface area contributed by atoms with Crippen LogP contribution >= 0.6 is 0 Å². The monoisotopic (exact) mass is 350 g/mol. The van der Waals surface area contributed by atoms with Gasteiger partial charge in [-0.2, -0.15) is 0 Å². The van der Waals surface area contributed by atoms with Crippen LogP contribution in [0.2, 0.25) is 0 Å². The fraction of sp³-hybridized carbons (Fsp3) is 0.867. The Balaban J connectivity index is 5.52. The third kappa shape index (κ3) is 5.87. The maximum Gasteiger partial charge on any atom is 0.547 e. The number of carbonyl (C=O) groups excluding carboxylic acids is 1. The highest BCUT2D eigenvalue weighted by Crippen LogP contribution is 2.35. The van der Waals surface area contributed by atoms with Crippen LogP contribution in [0.3, 0.4) is 0 Å². The standard InChI is InChI=1S/C15H30O7Si/c1-6-15(7-2,22-14(18)12-11-13(16)17)23(19-8-3,20-9-4)21-10-5/h6-12H2,1-5H3,(H,16,17). The van der Waals surface area contributed by atoms with Crippen LogP contribution in [0.1, 0.15) is 60.3 Å². The minimum atomic E-state index is -3.28. The van der Waals surface area contributed by atoms with E-state index in [0.29, 0.717) is 32.7 Å². The molecular formula is C15H30O7Si. The van der Waals surface area contributed by atoms with E-state index in [2.05, 4.69) is 0 Å². The number of ether oxygens (including phenoxy) is 1. The first-order valence-corrected chi connectivity index (χ1v) is 9.94. The van der Waals surface area contributed by atoms with E-state index in [1.165, 1.54) is 0 Å². The first-order chi connectivity index (χ1) is 10.9. The van der Waals surface area contributed by atoms with Crippen molar-refractivity contribution < 1.29 is 32.7 Å². The Morgan fingerprint density at radius 2 is 1.30 bits per heavy atom. The smallest absolute Gasteiger partial charge is 0.481 e. The summed E-state index contributed by atoms with van der Waals surface area (Å²) in [5.41, 5.74) is 0. The number of rotatable bonds is 13. The summed E-state index contributed by atoms with van der Waals surface area (Å²) in [5, 5.41) is 7.71. The predicted molar refractivity (Wildman–Crippen MR) is 86.9 cm³/mol. The molecule has 0 aromatic rings. The second-order valence-electron chi connectivity index (χ2n) is 4.92. The molecule has 0 radical (unpaired) electrons. The van der Waals surface area contributed by atoms with Crippen molar-refractivity contribution in [1.29, 1.82) is 0 Å². The molecule has 0 saturated heterocycles. The number of esters is 1. The molecule has 1 N–H and O–H groups in total. The zero-order valence-corrected chi connectivity index (χ0v) is 15.8. The van der Waals surface area contributed by atoms with Crippen LogP contribution in [0.5, 0.6) is 0 Å². The highest BCUT2D eigenvalue weighted by atomic mass is 28.4. The molecule has 8 heteroatoms. The third-order valence-corrected chi connectivity index (χ3v) is 7.49. The molecule has 0 aromatic heterocycles. The van der Waals surface area contributed by atoms with Crippen molar-refractivity contribution in [2.45, 2.75) is 65.5 Å². The Bertz CT molecular complexity index is 352. The van der Waals surface area contributed by atoms with Crippen molar-refractivity contribution in [2.75, 3.05) is 19.8 Å². The van der Waals surface area contributed by atoms with E-state index in [9.17, 15) is 9.59 Å². The Labute approximate surface area is 139 Å². The molecule has 0 heterocycles. The van der Waals surface area contributed by atoms with E-state index in [1.54, 1.807) is 0 Å². The molecule has 23 heavy (non-hydrogen) atoms. The van der Waals surface area contributed by atoms with Gasteiger partial charge in [0, 0.05) is 19.8 Å². The van der Waals surface area contributed by atoms with Gasteiger partial charge < -0.3 is 23.1 Å². The normalized spacial score (nSPS) is 12.2. The second-order valence-corrected chi connectivity index (χ2v) is 7.81. The van der Waals surface area contributed by atoms with Crippen molar-refractivity contribution in [1.82, 2.24) is 0 Å². The lowest BCUT2D eigenvalue weighted by Crippen LogP contribution is -2.66. The number of carboxylic acids is 1. The van der Waals surface area contributed by atoms with E-state index in [1.807, 2.05) is 34.6 Å². The van der Waals surface area contributed by atoms with Gasteiger partial charge in [0.25, 0.3) is 0 Å². The van der Waals surface area contributed by atoms with Gasteiger partial charge >= 0.3 is 20.7 Å². The molecule has 0 bridgehead atoms. The largest absolute Gasteiger partial charge is 0.547 e. The first-order valence-electron chi connectivity index (χ1n) is 8.22. The van der Waals surface area contributed by atoms with Crippen molar-refractivity contribution in [2.24, 2.45) is 0 Å². The summed E-state index contributed by atoms with van der Waals surface area (Å²) in [6, 6.07) is 0. The molecule has 0 fully saturated rings. The van der Waals surface area contributed by atoms with Gasteiger partial charge in [0.15, 0.2) is 5.22 Å². The van der Waals surface area contributed by atoms with Gasteiger partial charge in [-0.05, 0) is 33.6 Å². The Hall–Kier alpha value is -0.963. The summed E-state index contributed by atoms with van der Waals surface area (Å²) < 4.78 is 23.3. The lowest BCUT2D eigenvalue weighted by molar-refractivity contribution is -0.162. The van der Waals surface area contributed by atoms with Gasteiger partial charge in [0.05, 0.1) is 12.8 Å². The number of hydrogen-bond donors (Lipinski definition) is 1. The van der Waals surface area contributed by atoms with Crippen LogP contribution in [0, 0.1) is 0 Å². The van der Waals surface area contributed by atoms with Crippen molar-refractivity contribution in [3.63, 3.8) is 0 Å². The highest BCUT2D eigenvalue weighted by Gasteiger charge is 2.62. The number of hydrogen-bond acceptors (Lipinski definition) is 6. The van der Waals surface area contributed by atoms with Crippen LogP contribution in [0.4, 0.5) is 0 Å². The topological polar surface area (TPSA) is 91.3 Å². The molecule has 0 saturated carbocycles. The maximum atomic E-state index is 12.1. The van der Waals surface area contributed by atoms with Gasteiger partial charge in [-0.15, -0.1) is 0 Å². The van der Waals surface area contributed by atoms with Crippen LogP contribution in [0.15, 0.2) is 0 Å². The van der Waals surface area contributed by atoms with Crippen molar-refractivity contribution >= 4 is 20.7 Å². The molecule has 0 amide bonds. The van der Waals surface area contributed by atoms with Gasteiger partial charge in [-0.1, -0.05) is 13.8 Å². The molecule has 0 spiro atoms. The van der Waals surface area contributed by atoms with Gasteiger partial charge in [0.2, 0.25) is 0 Å². The lowest BCUT2D eigenvalue weighted by atomic mass is 10.2. The number of carboxylic acid groups (broad SMARTS) is 1. The molecule has 0 aliphatic carbocycles. The van der Waals surface area contributed by atoms with Crippen LogP contribution in [-0.4, -0.2) is 50.9 Å². The number of aliphatic carboxylic acids is 1. The third-order valence-electron chi connectivity index (χ3n) is 3.56. The van der Waals surface area contributed by atoms with E-state index in [0.717, 1.165) is 0 Å². The quantitative estimate of drug-likeness (QED) is 0.403. The minimum Gasteiger partial charge on any atom is -0.481 e. The Morgan fingerprint density at radius 3 is 1.61 bits per heavy atom. The summed E-state index contributed by atoms with van der Waals surface area (Å²) in [5.74, 6) is -1.62. The van der Waals surface area contributed by atoms with E-state index in [4.69, 9.17) is 23.1 Å². The van der Waals surface area contributed by atoms with Crippen LogP contribution in [-0.2, 0) is 27.6 Å². The molecule has 0 unspecified atom stereocenters. The average molecular weight is 350 g/mol. The zero-order chi connectivity index (χ0) is 17.9. The molecule has 0 aliphatic rings. The Kier molecular flexibility index (Phi) is 10.3. The zero-order valence-electron chi connectivity index (χ0n) is 14.8. The fourth-order valence-electron chi connectivity index (χ4n) is 2.46. The van der Waals surface area contributed by atoms with E-state index >= 15 is 0 Å². The molecule has 0 atom stereocenters. The predicted octanol–water partition coefficient (Wildman–Crippen LogP) is 2.54. The molecule has 0 aromatic carbocycles. The average Bonchev–Trinajstić information content (AvgIpc) is 2.51. The summed E-state index contributed by atoms with van der Waals surface area (Å²) in [6.45, 7) is 10.4. The molecule has 136 valence electrons. The Morgan fingerprint density at radius 1 is 0.870 bits per heavy atom. The first kappa shape index (κ1) is 22.0. The van der Waals surface area contributed by atoms with Crippen LogP contribution < -0.4 is 0 Å². The maximum absolute atomic E-state index is 12.1. The highest BCUT2D eigenvalue weighted by molar-refractivity contribution is 6.64. The van der Waals surface area contributed by atoms with Crippen molar-refractivity contribution in [3.8, 4) is 0 Å². The van der Waals surface area contributed by atoms with Gasteiger partial charge in [0.1, 0.15) is 0 Å². The fourth-order valence-corrected chi connectivity index (χ4v) is 5.74. The van der Waals surface area contributed by atoms with Gasteiger partial charge in [-0.25, -0.2) is 0 Å². The number of carbonyl (C=O) groups is 2. The molecule has 7 nitrogen and oxygen atoms in total. The minimum absolute atomic E-state index is 0.189. The molecular weight excluding hydrogens is 320 g/mol.